The lowest BCUT2D eigenvalue weighted by atomic mass is 10.1. The average molecular weight is 329 g/mol. The largest absolute Gasteiger partial charge is 0.378 e. The minimum Gasteiger partial charge on any atom is -0.378 e. The van der Waals surface area contributed by atoms with Crippen molar-refractivity contribution < 1.29 is 4.39 Å². The summed E-state index contributed by atoms with van der Waals surface area (Å²) in [6.45, 7) is 2.02. The van der Waals surface area contributed by atoms with Crippen LogP contribution in [0.15, 0.2) is 46.9 Å². The maximum atomic E-state index is 12.8. The van der Waals surface area contributed by atoms with E-state index in [0.717, 1.165) is 15.7 Å². The van der Waals surface area contributed by atoms with Gasteiger partial charge in [-0.2, -0.15) is 0 Å². The van der Waals surface area contributed by atoms with Crippen LogP contribution in [0.4, 0.5) is 10.1 Å². The highest BCUT2D eigenvalue weighted by Gasteiger charge is 2.06. The maximum Gasteiger partial charge on any atom is 0.123 e. The molecular weight excluding hydrogens is 317 g/mol. The molecule has 0 bridgehead atoms. The van der Waals surface area contributed by atoms with Crippen molar-refractivity contribution in [2.45, 2.75) is 13.0 Å². The van der Waals surface area contributed by atoms with Crippen LogP contribution in [-0.4, -0.2) is 0 Å². The van der Waals surface area contributed by atoms with Crippen molar-refractivity contribution in [2.75, 3.05) is 5.32 Å². The maximum absolute atomic E-state index is 12.8. The highest BCUT2D eigenvalue weighted by atomic mass is 79.9. The summed E-state index contributed by atoms with van der Waals surface area (Å²) in [7, 11) is 0. The molecule has 18 heavy (non-hydrogen) atoms. The Morgan fingerprint density at radius 3 is 2.44 bits per heavy atom. The fourth-order valence-corrected chi connectivity index (χ4v) is 2.10. The van der Waals surface area contributed by atoms with Crippen molar-refractivity contribution >= 4 is 33.2 Å². The molecule has 1 N–H and O–H groups in total. The van der Waals surface area contributed by atoms with Gasteiger partial charge in [0.05, 0.1) is 5.02 Å². The van der Waals surface area contributed by atoms with Gasteiger partial charge in [-0.05, 0) is 58.7 Å². The van der Waals surface area contributed by atoms with Crippen LogP contribution in [0.25, 0.3) is 0 Å². The van der Waals surface area contributed by atoms with Crippen LogP contribution in [0, 0.1) is 5.82 Å². The van der Waals surface area contributed by atoms with Gasteiger partial charge in [-0.25, -0.2) is 4.39 Å². The summed E-state index contributed by atoms with van der Waals surface area (Å²) >= 11 is 9.37. The molecule has 0 aliphatic rings. The number of nitrogens with one attached hydrogen (secondary N) is 1. The molecule has 0 aliphatic carbocycles. The average Bonchev–Trinajstić information content (AvgIpc) is 2.34. The van der Waals surface area contributed by atoms with Crippen LogP contribution in [0.1, 0.15) is 18.5 Å². The quantitative estimate of drug-likeness (QED) is 0.794. The molecule has 4 heteroatoms. The van der Waals surface area contributed by atoms with Crippen molar-refractivity contribution in [3.63, 3.8) is 0 Å². The zero-order valence-electron chi connectivity index (χ0n) is 9.75. The van der Waals surface area contributed by atoms with E-state index in [0.29, 0.717) is 5.02 Å². The van der Waals surface area contributed by atoms with Crippen LogP contribution in [0.3, 0.4) is 0 Å². The van der Waals surface area contributed by atoms with E-state index in [4.69, 9.17) is 11.6 Å². The fraction of sp³-hybridized carbons (Fsp3) is 0.143. The van der Waals surface area contributed by atoms with E-state index < -0.39 is 0 Å². The van der Waals surface area contributed by atoms with Gasteiger partial charge in [0.25, 0.3) is 0 Å². The molecule has 0 saturated heterocycles. The Kier molecular flexibility index (Phi) is 4.25. The van der Waals surface area contributed by atoms with Crippen molar-refractivity contribution in [3.05, 3.63) is 63.3 Å². The second kappa shape index (κ2) is 5.72. The minimum absolute atomic E-state index is 0.0860. The molecule has 1 nitrogen and oxygen atoms in total. The van der Waals surface area contributed by atoms with Crippen LogP contribution >= 0.6 is 27.5 Å². The molecule has 1 atom stereocenters. The summed E-state index contributed by atoms with van der Waals surface area (Å²) in [4.78, 5) is 0. The monoisotopic (exact) mass is 327 g/mol. The van der Waals surface area contributed by atoms with Gasteiger partial charge in [0.15, 0.2) is 0 Å². The van der Waals surface area contributed by atoms with Gasteiger partial charge < -0.3 is 5.32 Å². The fourth-order valence-electron chi connectivity index (χ4n) is 1.67. The number of rotatable bonds is 3. The number of anilines is 1. The Bertz CT molecular complexity index is 542. The third-order valence-electron chi connectivity index (χ3n) is 2.67. The molecule has 0 radical (unpaired) electrons. The Labute approximate surface area is 119 Å². The summed E-state index contributed by atoms with van der Waals surface area (Å²) < 4.78 is 13.7. The number of benzene rings is 2. The van der Waals surface area contributed by atoms with Crippen molar-refractivity contribution in [1.29, 1.82) is 0 Å². The summed E-state index contributed by atoms with van der Waals surface area (Å²) in [6, 6.07) is 12.2. The Hall–Kier alpha value is -1.06. The lowest BCUT2D eigenvalue weighted by Crippen LogP contribution is -2.06. The molecule has 94 valence electrons. The predicted octanol–water partition coefficient (Wildman–Crippen LogP) is 5.41. The van der Waals surface area contributed by atoms with Crippen LogP contribution in [0.5, 0.6) is 0 Å². The molecule has 1 unspecified atom stereocenters. The van der Waals surface area contributed by atoms with Crippen LogP contribution < -0.4 is 5.32 Å². The third kappa shape index (κ3) is 3.24. The molecule has 0 heterocycles. The summed E-state index contributed by atoms with van der Waals surface area (Å²) in [6.07, 6.45) is 0. The van der Waals surface area contributed by atoms with Gasteiger partial charge in [0.1, 0.15) is 5.82 Å². The molecule has 0 fully saturated rings. The van der Waals surface area contributed by atoms with Crippen LogP contribution in [0.2, 0.25) is 5.02 Å². The van der Waals surface area contributed by atoms with E-state index in [1.54, 1.807) is 12.1 Å². The summed E-state index contributed by atoms with van der Waals surface area (Å²) in [5.74, 6) is -0.224. The van der Waals surface area contributed by atoms with E-state index in [-0.39, 0.29) is 11.9 Å². The molecule has 0 aliphatic heterocycles. The predicted molar refractivity (Wildman–Crippen MR) is 77.6 cm³/mol. The SMILES string of the molecule is CC(Nc1ccc(Br)c(Cl)c1)c1ccc(F)cc1. The molecule has 0 spiro atoms. The molecular formula is C14H12BrClFN. The van der Waals surface area contributed by atoms with Gasteiger partial charge in [0.2, 0.25) is 0 Å². The molecule has 0 amide bonds. The van der Waals surface area contributed by atoms with Gasteiger partial charge >= 0.3 is 0 Å². The molecule has 0 aromatic heterocycles. The zero-order valence-corrected chi connectivity index (χ0v) is 12.1. The third-order valence-corrected chi connectivity index (χ3v) is 3.91. The van der Waals surface area contributed by atoms with Crippen molar-refractivity contribution in [3.8, 4) is 0 Å². The van der Waals surface area contributed by atoms with Gasteiger partial charge in [-0.3, -0.25) is 0 Å². The normalized spacial score (nSPS) is 12.2. The van der Waals surface area contributed by atoms with Gasteiger partial charge in [-0.1, -0.05) is 23.7 Å². The molecule has 2 aromatic rings. The van der Waals surface area contributed by atoms with Crippen LogP contribution in [-0.2, 0) is 0 Å². The van der Waals surface area contributed by atoms with E-state index in [2.05, 4.69) is 21.2 Å². The standard InChI is InChI=1S/C14H12BrClFN/c1-9(10-2-4-11(17)5-3-10)18-12-6-7-13(15)14(16)8-12/h2-9,18H,1H3. The number of hydrogen-bond donors (Lipinski definition) is 1. The first kappa shape index (κ1) is 13.4. The zero-order chi connectivity index (χ0) is 13.1. The first-order chi connectivity index (χ1) is 8.56. The van der Waals surface area contributed by atoms with Crippen molar-refractivity contribution in [2.24, 2.45) is 0 Å². The minimum atomic E-state index is -0.224. The second-order valence-corrected chi connectivity index (χ2v) is 5.31. The Balaban J connectivity index is 2.13. The summed E-state index contributed by atoms with van der Waals surface area (Å²) in [5.41, 5.74) is 1.95. The van der Waals surface area contributed by atoms with E-state index in [1.165, 1.54) is 12.1 Å². The van der Waals surface area contributed by atoms with Gasteiger partial charge in [-0.15, -0.1) is 0 Å². The molecule has 2 aromatic carbocycles. The first-order valence-corrected chi connectivity index (χ1v) is 6.70. The Morgan fingerprint density at radius 2 is 1.83 bits per heavy atom. The molecule has 0 saturated carbocycles. The van der Waals surface area contributed by atoms with Gasteiger partial charge in [0, 0.05) is 16.2 Å². The Morgan fingerprint density at radius 1 is 1.17 bits per heavy atom. The van der Waals surface area contributed by atoms with E-state index in [1.807, 2.05) is 25.1 Å². The number of halogens is 3. The topological polar surface area (TPSA) is 12.0 Å². The smallest absolute Gasteiger partial charge is 0.123 e. The summed E-state index contributed by atoms with van der Waals surface area (Å²) in [5, 5.41) is 3.98. The lowest BCUT2D eigenvalue weighted by molar-refractivity contribution is 0.626. The van der Waals surface area contributed by atoms with E-state index >= 15 is 0 Å². The highest BCUT2D eigenvalue weighted by molar-refractivity contribution is 9.10. The second-order valence-electron chi connectivity index (χ2n) is 4.05. The van der Waals surface area contributed by atoms with Crippen molar-refractivity contribution in [1.82, 2.24) is 0 Å². The first-order valence-electron chi connectivity index (χ1n) is 5.53. The highest BCUT2D eigenvalue weighted by Crippen LogP contribution is 2.27. The number of hydrogen-bond acceptors (Lipinski definition) is 1. The lowest BCUT2D eigenvalue weighted by Gasteiger charge is -2.16. The molecule has 2 rings (SSSR count). The van der Waals surface area contributed by atoms with E-state index in [9.17, 15) is 4.39 Å².